The number of rotatable bonds is 3. The number of anilines is 1. The number of phenolic OH excluding ortho intramolecular Hbond substituents is 3. The summed E-state index contributed by atoms with van der Waals surface area (Å²) >= 11 is 0. The highest BCUT2D eigenvalue weighted by Gasteiger charge is 2.54. The molecule has 200 valence electrons. The summed E-state index contributed by atoms with van der Waals surface area (Å²) in [5.41, 5.74) is 4.73. The second-order valence-corrected chi connectivity index (χ2v) is 10.5. The van der Waals surface area contributed by atoms with Crippen molar-refractivity contribution in [2.45, 2.75) is 43.0 Å². The molecule has 0 saturated carbocycles. The van der Waals surface area contributed by atoms with E-state index in [9.17, 15) is 30.3 Å². The Morgan fingerprint density at radius 1 is 1.03 bits per heavy atom. The standard InChI is InChI=1S/C30H27NO8/c1-29-13-16(15-2-4-18(31)5-3-15)6-7-30(29,37)14-21-23(39-29)12-24-26(28(21)36)22(34)11-25(38-24)27(35)17-8-19(32)10-20(33)9-17/h2-12,16,27,32-33,35-37H,13-14,31H2,1H3/t16-,27-,29+,30-/m1/s1. The van der Waals surface area contributed by atoms with Crippen molar-refractivity contribution in [3.8, 4) is 23.0 Å². The SMILES string of the molecule is C[C@]12C[C@H](c3ccc(N)cc3)C=C[C@@]1(O)Cc1c(cc3oc([C@H](O)c4cc(O)cc(O)c4)cc(=O)c3c1O)O2. The second-order valence-electron chi connectivity index (χ2n) is 10.5. The number of aromatic hydroxyl groups is 3. The Kier molecular flexibility index (Phi) is 5.43. The number of aliphatic hydroxyl groups excluding tert-OH is 1. The summed E-state index contributed by atoms with van der Waals surface area (Å²) in [7, 11) is 0. The van der Waals surface area contributed by atoms with Crippen molar-refractivity contribution in [2.24, 2.45) is 0 Å². The maximum Gasteiger partial charge on any atom is 0.196 e. The molecule has 9 heteroatoms. The van der Waals surface area contributed by atoms with Gasteiger partial charge in [-0.15, -0.1) is 0 Å². The van der Waals surface area contributed by atoms with Gasteiger partial charge in [0.25, 0.3) is 0 Å². The van der Waals surface area contributed by atoms with Crippen LogP contribution in [-0.4, -0.2) is 36.7 Å². The normalized spacial score (nSPS) is 24.5. The van der Waals surface area contributed by atoms with Gasteiger partial charge in [-0.3, -0.25) is 4.79 Å². The lowest BCUT2D eigenvalue weighted by molar-refractivity contribution is -0.117. The molecule has 1 aliphatic heterocycles. The summed E-state index contributed by atoms with van der Waals surface area (Å²) in [6, 6.07) is 13.6. The third-order valence-corrected chi connectivity index (χ3v) is 7.86. The summed E-state index contributed by atoms with van der Waals surface area (Å²) in [6.45, 7) is 1.80. The Balaban J connectivity index is 1.42. The zero-order valence-corrected chi connectivity index (χ0v) is 21.0. The Bertz CT molecular complexity index is 1690. The number of aliphatic hydroxyl groups is 2. The Labute approximate surface area is 222 Å². The third kappa shape index (κ3) is 3.98. The van der Waals surface area contributed by atoms with Crippen LogP contribution in [0.25, 0.3) is 11.0 Å². The summed E-state index contributed by atoms with van der Waals surface area (Å²) in [4.78, 5) is 13.1. The maximum absolute atomic E-state index is 13.1. The average Bonchev–Trinajstić information content (AvgIpc) is 2.87. The van der Waals surface area contributed by atoms with Crippen LogP contribution in [0, 0.1) is 0 Å². The molecule has 4 atom stereocenters. The van der Waals surface area contributed by atoms with Gasteiger partial charge in [-0.2, -0.15) is 0 Å². The lowest BCUT2D eigenvalue weighted by Gasteiger charge is -2.50. The number of fused-ring (bicyclic) bond motifs is 3. The van der Waals surface area contributed by atoms with Crippen molar-refractivity contribution < 1.29 is 34.7 Å². The van der Waals surface area contributed by atoms with Crippen LogP contribution in [0.1, 0.15) is 47.8 Å². The van der Waals surface area contributed by atoms with Gasteiger partial charge in [-0.1, -0.05) is 24.3 Å². The molecule has 2 aliphatic rings. The molecular formula is C30H27NO8. The molecule has 3 aromatic carbocycles. The van der Waals surface area contributed by atoms with Crippen molar-refractivity contribution >= 4 is 16.7 Å². The molecule has 0 radical (unpaired) electrons. The fourth-order valence-corrected chi connectivity index (χ4v) is 5.65. The minimum absolute atomic E-state index is 0.0119. The summed E-state index contributed by atoms with van der Waals surface area (Å²) in [6.07, 6.45) is 2.58. The summed E-state index contributed by atoms with van der Waals surface area (Å²) in [5.74, 6) is -0.858. The fourth-order valence-electron chi connectivity index (χ4n) is 5.65. The highest BCUT2D eigenvalue weighted by atomic mass is 16.5. The first kappa shape index (κ1) is 24.8. The molecule has 0 fully saturated rings. The Morgan fingerprint density at radius 3 is 2.41 bits per heavy atom. The zero-order chi connectivity index (χ0) is 27.7. The molecule has 6 rings (SSSR count). The molecule has 9 nitrogen and oxygen atoms in total. The van der Waals surface area contributed by atoms with E-state index in [0.29, 0.717) is 12.1 Å². The molecule has 2 heterocycles. The van der Waals surface area contributed by atoms with Crippen molar-refractivity contribution in [1.82, 2.24) is 0 Å². The van der Waals surface area contributed by atoms with Crippen LogP contribution < -0.4 is 15.9 Å². The molecule has 0 amide bonds. The molecule has 0 bridgehead atoms. The van der Waals surface area contributed by atoms with E-state index in [0.717, 1.165) is 17.7 Å². The van der Waals surface area contributed by atoms with Crippen LogP contribution in [0.2, 0.25) is 0 Å². The van der Waals surface area contributed by atoms with Gasteiger partial charge < -0.3 is 40.4 Å². The van der Waals surface area contributed by atoms with Crippen LogP contribution in [0.5, 0.6) is 23.0 Å². The van der Waals surface area contributed by atoms with E-state index < -0.39 is 22.7 Å². The van der Waals surface area contributed by atoms with Crippen LogP contribution in [0.4, 0.5) is 5.69 Å². The van der Waals surface area contributed by atoms with E-state index in [1.165, 1.54) is 18.2 Å². The molecule has 0 spiro atoms. The first-order chi connectivity index (χ1) is 18.5. The number of ether oxygens (including phenoxy) is 1. The van der Waals surface area contributed by atoms with Crippen molar-refractivity contribution in [2.75, 3.05) is 5.73 Å². The van der Waals surface area contributed by atoms with Gasteiger partial charge in [0.05, 0.1) is 0 Å². The summed E-state index contributed by atoms with van der Waals surface area (Å²) < 4.78 is 12.2. The van der Waals surface area contributed by atoms with Crippen molar-refractivity contribution in [1.29, 1.82) is 0 Å². The zero-order valence-electron chi connectivity index (χ0n) is 21.0. The number of benzene rings is 3. The van der Waals surface area contributed by atoms with Gasteiger partial charge in [0.1, 0.15) is 57.0 Å². The number of nitrogen functional groups attached to an aromatic ring is 1. The van der Waals surface area contributed by atoms with Crippen LogP contribution in [0.3, 0.4) is 0 Å². The van der Waals surface area contributed by atoms with Crippen LogP contribution in [-0.2, 0) is 6.42 Å². The van der Waals surface area contributed by atoms with Gasteiger partial charge in [-0.05, 0) is 42.3 Å². The van der Waals surface area contributed by atoms with Crippen LogP contribution >= 0.6 is 0 Å². The predicted octanol–water partition coefficient (Wildman–Crippen LogP) is 3.74. The number of nitrogens with two attached hydrogens (primary N) is 1. The summed E-state index contributed by atoms with van der Waals surface area (Å²) in [5, 5.41) is 53.0. The fraction of sp³-hybridized carbons (Fsp3) is 0.233. The van der Waals surface area contributed by atoms with E-state index in [1.807, 2.05) is 30.3 Å². The molecule has 7 N–H and O–H groups in total. The number of hydrogen-bond acceptors (Lipinski definition) is 9. The first-order valence-electron chi connectivity index (χ1n) is 12.5. The van der Waals surface area contributed by atoms with E-state index in [2.05, 4.69) is 0 Å². The molecule has 1 aliphatic carbocycles. The van der Waals surface area contributed by atoms with Crippen LogP contribution in [0.15, 0.2) is 76.0 Å². The van der Waals surface area contributed by atoms with Crippen molar-refractivity contribution in [3.05, 3.63) is 99.4 Å². The van der Waals surface area contributed by atoms with Gasteiger partial charge in [-0.25, -0.2) is 0 Å². The molecular weight excluding hydrogens is 502 g/mol. The monoisotopic (exact) mass is 529 g/mol. The second kappa shape index (κ2) is 8.52. The van der Waals surface area contributed by atoms with Gasteiger partial charge in [0.15, 0.2) is 5.43 Å². The topological polar surface area (TPSA) is 167 Å². The third-order valence-electron chi connectivity index (χ3n) is 7.86. The smallest absolute Gasteiger partial charge is 0.196 e. The molecule has 39 heavy (non-hydrogen) atoms. The molecule has 0 saturated heterocycles. The quantitative estimate of drug-likeness (QED) is 0.171. The highest BCUT2D eigenvalue weighted by molar-refractivity contribution is 5.87. The Morgan fingerprint density at radius 2 is 1.72 bits per heavy atom. The molecule has 1 aromatic heterocycles. The number of phenols is 3. The number of hydrogen-bond donors (Lipinski definition) is 6. The molecule has 4 aromatic rings. The van der Waals surface area contributed by atoms with Gasteiger partial charge >= 0.3 is 0 Å². The van der Waals surface area contributed by atoms with E-state index in [1.54, 1.807) is 13.0 Å². The maximum atomic E-state index is 13.1. The largest absolute Gasteiger partial charge is 0.508 e. The predicted molar refractivity (Wildman–Crippen MR) is 143 cm³/mol. The van der Waals surface area contributed by atoms with Gasteiger partial charge in [0, 0.05) is 48.2 Å². The van der Waals surface area contributed by atoms with E-state index >= 15 is 0 Å². The first-order valence-corrected chi connectivity index (χ1v) is 12.5. The lowest BCUT2D eigenvalue weighted by Crippen LogP contribution is -2.60. The highest BCUT2D eigenvalue weighted by Crippen LogP contribution is 2.51. The van der Waals surface area contributed by atoms with Gasteiger partial charge in [0.2, 0.25) is 0 Å². The van der Waals surface area contributed by atoms with E-state index in [-0.39, 0.29) is 63.2 Å². The number of allylic oxidation sites excluding steroid dienone is 1. The minimum atomic E-state index is -1.48. The average molecular weight is 530 g/mol. The Hall–Kier alpha value is -4.47. The van der Waals surface area contributed by atoms with Crippen molar-refractivity contribution in [3.63, 3.8) is 0 Å². The lowest BCUT2D eigenvalue weighted by atomic mass is 9.67. The molecule has 0 unspecified atom stereocenters. The van der Waals surface area contributed by atoms with E-state index in [4.69, 9.17) is 14.9 Å². The minimum Gasteiger partial charge on any atom is -0.508 e.